The first kappa shape index (κ1) is 17.4. The number of hydrogen-bond donors (Lipinski definition) is 1. The second-order valence-electron chi connectivity index (χ2n) is 7.09. The van der Waals surface area contributed by atoms with E-state index in [1.807, 2.05) is 42.7 Å². The van der Waals surface area contributed by atoms with E-state index in [1.54, 1.807) is 0 Å². The van der Waals surface area contributed by atoms with E-state index >= 15 is 0 Å². The predicted octanol–water partition coefficient (Wildman–Crippen LogP) is 5.18. The zero-order valence-electron chi connectivity index (χ0n) is 15.3. The zero-order chi connectivity index (χ0) is 17.9. The van der Waals surface area contributed by atoms with Crippen LogP contribution in [-0.2, 0) is 0 Å². The number of hydrogen-bond acceptors (Lipinski definition) is 3. The summed E-state index contributed by atoms with van der Waals surface area (Å²) < 4.78 is 0. The van der Waals surface area contributed by atoms with E-state index in [1.165, 1.54) is 5.57 Å². The second kappa shape index (κ2) is 7.22. The number of benzene rings is 1. The number of nitrogens with zero attached hydrogens (tertiary/aromatic N) is 2. The van der Waals surface area contributed by atoms with Gasteiger partial charge in [-0.2, -0.15) is 0 Å². The maximum Gasteiger partial charge on any atom is 0.0702 e. The van der Waals surface area contributed by atoms with Crippen LogP contribution in [0.5, 0.6) is 0 Å². The summed E-state index contributed by atoms with van der Waals surface area (Å²) in [6.07, 6.45) is 9.26. The predicted molar refractivity (Wildman–Crippen MR) is 106 cm³/mol. The van der Waals surface area contributed by atoms with E-state index in [4.69, 9.17) is 5.41 Å². The van der Waals surface area contributed by atoms with Crippen LogP contribution in [0.25, 0.3) is 10.9 Å². The van der Waals surface area contributed by atoms with Crippen molar-refractivity contribution >= 4 is 16.6 Å². The third-order valence-corrected chi connectivity index (χ3v) is 5.47. The summed E-state index contributed by atoms with van der Waals surface area (Å²) in [5.74, 6) is 0. The number of pyridine rings is 1. The Morgan fingerprint density at radius 1 is 1.40 bits per heavy atom. The molecule has 0 aliphatic carbocycles. The molecular weight excluding hydrogens is 306 g/mol. The first-order chi connectivity index (χ1) is 12.1. The first-order valence-corrected chi connectivity index (χ1v) is 9.07. The second-order valence-corrected chi connectivity index (χ2v) is 7.09. The lowest BCUT2D eigenvalue weighted by molar-refractivity contribution is 0.323. The van der Waals surface area contributed by atoms with Crippen LogP contribution in [0.15, 0.2) is 61.0 Å². The molecular formula is C22H27N3. The molecule has 0 radical (unpaired) electrons. The van der Waals surface area contributed by atoms with E-state index in [2.05, 4.69) is 36.4 Å². The van der Waals surface area contributed by atoms with Crippen molar-refractivity contribution in [3.05, 3.63) is 66.5 Å². The van der Waals surface area contributed by atoms with E-state index in [0.29, 0.717) is 5.71 Å². The Hall–Kier alpha value is -2.42. The lowest BCUT2D eigenvalue weighted by Crippen LogP contribution is -2.26. The molecule has 1 unspecified atom stereocenters. The molecule has 3 heteroatoms. The van der Waals surface area contributed by atoms with E-state index in [0.717, 1.165) is 48.8 Å². The van der Waals surface area contributed by atoms with Gasteiger partial charge in [-0.15, -0.1) is 0 Å². The van der Waals surface area contributed by atoms with Gasteiger partial charge in [-0.05, 0) is 44.2 Å². The number of likely N-dealkylation sites (tertiary alicyclic amines) is 1. The molecule has 1 aromatic carbocycles. The number of allylic oxidation sites excluding steroid dienone is 1. The Bertz CT molecular complexity index is 821. The summed E-state index contributed by atoms with van der Waals surface area (Å²) in [7, 11) is 0. The zero-order valence-corrected chi connectivity index (χ0v) is 15.3. The molecule has 0 bridgehead atoms. The van der Waals surface area contributed by atoms with Crippen molar-refractivity contribution in [1.29, 1.82) is 5.41 Å². The van der Waals surface area contributed by atoms with Gasteiger partial charge in [0.1, 0.15) is 0 Å². The highest BCUT2D eigenvalue weighted by atomic mass is 15.1. The molecule has 1 aromatic heterocycles. The van der Waals surface area contributed by atoms with Crippen molar-refractivity contribution in [2.24, 2.45) is 5.41 Å². The fourth-order valence-electron chi connectivity index (χ4n) is 3.93. The average molecular weight is 333 g/mol. The van der Waals surface area contributed by atoms with Crippen LogP contribution in [0.4, 0.5) is 0 Å². The molecule has 1 N–H and O–H groups in total. The summed E-state index contributed by atoms with van der Waals surface area (Å²) in [6, 6.07) is 10.1. The summed E-state index contributed by atoms with van der Waals surface area (Å²) in [6.45, 7) is 10.4. The fraction of sp³-hybridized carbons (Fsp3) is 0.364. The van der Waals surface area contributed by atoms with Crippen LogP contribution in [0.1, 0.15) is 38.7 Å². The third-order valence-electron chi connectivity index (χ3n) is 5.47. The Kier molecular flexibility index (Phi) is 5.03. The van der Waals surface area contributed by atoms with Gasteiger partial charge in [-0.3, -0.25) is 4.98 Å². The summed E-state index contributed by atoms with van der Waals surface area (Å²) in [5, 5.41) is 9.64. The highest BCUT2D eigenvalue weighted by Gasteiger charge is 2.37. The van der Waals surface area contributed by atoms with E-state index < -0.39 is 0 Å². The summed E-state index contributed by atoms with van der Waals surface area (Å²) >= 11 is 0. The minimum absolute atomic E-state index is 0.166. The molecule has 0 amide bonds. The van der Waals surface area contributed by atoms with Crippen molar-refractivity contribution in [3.63, 3.8) is 0 Å². The van der Waals surface area contributed by atoms with Crippen LogP contribution >= 0.6 is 0 Å². The van der Waals surface area contributed by atoms with Crippen LogP contribution < -0.4 is 0 Å². The van der Waals surface area contributed by atoms with Gasteiger partial charge in [0.15, 0.2) is 0 Å². The minimum atomic E-state index is 0.166. The molecule has 2 aromatic rings. The maximum absolute atomic E-state index is 8.56. The lowest BCUT2D eigenvalue weighted by atomic mass is 9.75. The van der Waals surface area contributed by atoms with Gasteiger partial charge in [0, 0.05) is 35.7 Å². The fourth-order valence-corrected chi connectivity index (χ4v) is 3.93. The lowest BCUT2D eigenvalue weighted by Gasteiger charge is -2.30. The topological polar surface area (TPSA) is 40.0 Å². The van der Waals surface area contributed by atoms with Crippen molar-refractivity contribution in [3.8, 4) is 0 Å². The molecule has 0 spiro atoms. The van der Waals surface area contributed by atoms with Crippen molar-refractivity contribution in [2.75, 3.05) is 13.1 Å². The van der Waals surface area contributed by atoms with Gasteiger partial charge in [0.05, 0.1) is 11.2 Å². The standard InChI is InChI=1S/C22H27N3/c1-4-10-22(11-12-25(5-2)16-22)17(3)13-20(23)19-14-18-8-6-7-9-21(18)24-15-19/h5-9,13-15,23H,2,4,10-12,16H2,1,3H3/b17-13+,23-20?. The van der Waals surface area contributed by atoms with Crippen LogP contribution in [0.3, 0.4) is 0 Å². The average Bonchev–Trinajstić information content (AvgIpc) is 3.06. The van der Waals surface area contributed by atoms with Gasteiger partial charge in [-0.1, -0.05) is 43.7 Å². The number of fused-ring (bicyclic) bond motifs is 1. The smallest absolute Gasteiger partial charge is 0.0702 e. The first-order valence-electron chi connectivity index (χ1n) is 9.07. The molecule has 1 atom stereocenters. The maximum atomic E-state index is 8.56. The molecule has 0 saturated carbocycles. The van der Waals surface area contributed by atoms with Gasteiger partial charge < -0.3 is 10.3 Å². The molecule has 1 fully saturated rings. The monoisotopic (exact) mass is 333 g/mol. The molecule has 130 valence electrons. The quantitative estimate of drug-likeness (QED) is 0.739. The Morgan fingerprint density at radius 3 is 2.92 bits per heavy atom. The van der Waals surface area contributed by atoms with Crippen molar-refractivity contribution in [2.45, 2.75) is 33.1 Å². The normalized spacial score (nSPS) is 20.9. The summed E-state index contributed by atoms with van der Waals surface area (Å²) in [5.41, 5.74) is 3.86. The van der Waals surface area contributed by atoms with Gasteiger partial charge in [-0.25, -0.2) is 0 Å². The Balaban J connectivity index is 1.88. The molecule has 3 rings (SSSR count). The van der Waals surface area contributed by atoms with Gasteiger partial charge in [0.25, 0.3) is 0 Å². The molecule has 1 aliphatic rings. The largest absolute Gasteiger partial charge is 0.377 e. The minimum Gasteiger partial charge on any atom is -0.377 e. The number of para-hydroxylation sites is 1. The molecule has 2 heterocycles. The van der Waals surface area contributed by atoms with E-state index in [-0.39, 0.29) is 5.41 Å². The van der Waals surface area contributed by atoms with Crippen LogP contribution in [0.2, 0.25) is 0 Å². The van der Waals surface area contributed by atoms with E-state index in [9.17, 15) is 0 Å². The van der Waals surface area contributed by atoms with Crippen molar-refractivity contribution < 1.29 is 0 Å². The van der Waals surface area contributed by atoms with Crippen LogP contribution in [-0.4, -0.2) is 28.7 Å². The Morgan fingerprint density at radius 2 is 2.20 bits per heavy atom. The molecule has 25 heavy (non-hydrogen) atoms. The Labute approximate surface area is 150 Å². The number of aromatic nitrogens is 1. The highest BCUT2D eigenvalue weighted by molar-refractivity contribution is 6.08. The van der Waals surface area contributed by atoms with Crippen molar-refractivity contribution in [1.82, 2.24) is 9.88 Å². The summed E-state index contributed by atoms with van der Waals surface area (Å²) in [4.78, 5) is 6.79. The van der Waals surface area contributed by atoms with Gasteiger partial charge in [0.2, 0.25) is 0 Å². The van der Waals surface area contributed by atoms with Crippen LogP contribution in [0, 0.1) is 10.8 Å². The SMILES string of the molecule is C=CN1CCC(CCC)(/C(C)=C/C(=N)c2cnc3ccccc3c2)C1. The van der Waals surface area contributed by atoms with Gasteiger partial charge >= 0.3 is 0 Å². The third kappa shape index (κ3) is 3.51. The molecule has 1 aliphatic heterocycles. The number of rotatable bonds is 6. The molecule has 1 saturated heterocycles. The highest BCUT2D eigenvalue weighted by Crippen LogP contribution is 2.42. The molecule has 3 nitrogen and oxygen atoms in total. The number of nitrogens with one attached hydrogen (secondary N) is 1.